The molecule has 1 heterocycles. The van der Waals surface area contributed by atoms with E-state index in [2.05, 4.69) is 41.5 Å². The van der Waals surface area contributed by atoms with Crippen molar-refractivity contribution in [2.75, 3.05) is 7.05 Å². The van der Waals surface area contributed by atoms with Gasteiger partial charge in [0, 0.05) is 6.54 Å². The summed E-state index contributed by atoms with van der Waals surface area (Å²) in [6, 6.07) is 9.23. The molecular formula is C12H16N2S. The van der Waals surface area contributed by atoms with Crippen LogP contribution in [-0.4, -0.2) is 18.6 Å². The normalized spacial score (nSPS) is 24.7. The lowest BCUT2D eigenvalue weighted by atomic mass is 10.0. The summed E-state index contributed by atoms with van der Waals surface area (Å²) >= 11 is 1.82. The van der Waals surface area contributed by atoms with Gasteiger partial charge in [-0.15, -0.1) is 11.8 Å². The molecule has 0 fully saturated rings. The van der Waals surface area contributed by atoms with Gasteiger partial charge in [0.15, 0.2) is 0 Å². The Morgan fingerprint density at radius 2 is 2.07 bits per heavy atom. The van der Waals surface area contributed by atoms with Crippen LogP contribution in [0.4, 0.5) is 0 Å². The summed E-state index contributed by atoms with van der Waals surface area (Å²) in [5, 5.41) is 3.66. The monoisotopic (exact) mass is 220 g/mol. The van der Waals surface area contributed by atoms with Crippen molar-refractivity contribution in [1.82, 2.24) is 5.32 Å². The molecule has 0 spiro atoms. The first-order valence-electron chi connectivity index (χ1n) is 5.22. The molecule has 2 rings (SSSR count). The van der Waals surface area contributed by atoms with E-state index in [1.165, 1.54) is 11.1 Å². The van der Waals surface area contributed by atoms with Gasteiger partial charge in [-0.05, 0) is 25.1 Å². The molecule has 0 aliphatic carbocycles. The Labute approximate surface area is 95.2 Å². The van der Waals surface area contributed by atoms with E-state index in [0.717, 1.165) is 6.54 Å². The van der Waals surface area contributed by atoms with Gasteiger partial charge in [-0.2, -0.15) is 0 Å². The van der Waals surface area contributed by atoms with E-state index in [4.69, 9.17) is 0 Å². The summed E-state index contributed by atoms with van der Waals surface area (Å²) in [7, 11) is 1.97. The second-order valence-corrected chi connectivity index (χ2v) is 4.81. The fraction of sp³-hybridized carbons (Fsp3) is 0.417. The molecule has 0 bridgehead atoms. The fourth-order valence-corrected chi connectivity index (χ4v) is 2.78. The van der Waals surface area contributed by atoms with Crippen molar-refractivity contribution in [2.24, 2.45) is 4.99 Å². The highest BCUT2D eigenvalue weighted by molar-refractivity contribution is 8.12. The van der Waals surface area contributed by atoms with Crippen LogP contribution in [0.3, 0.4) is 0 Å². The van der Waals surface area contributed by atoms with Gasteiger partial charge in [-0.1, -0.05) is 24.3 Å². The van der Waals surface area contributed by atoms with Crippen LogP contribution in [0.5, 0.6) is 0 Å². The van der Waals surface area contributed by atoms with Crippen molar-refractivity contribution in [3.8, 4) is 0 Å². The average Bonchev–Trinajstić information content (AvgIpc) is 2.66. The summed E-state index contributed by atoms with van der Waals surface area (Å²) in [6.07, 6.45) is 0. The van der Waals surface area contributed by atoms with Crippen molar-refractivity contribution >= 4 is 17.3 Å². The molecule has 2 unspecified atom stereocenters. The summed E-state index contributed by atoms with van der Waals surface area (Å²) < 4.78 is 0. The molecular weight excluding hydrogens is 204 g/mol. The molecule has 1 N–H and O–H groups in total. The van der Waals surface area contributed by atoms with E-state index in [0.29, 0.717) is 11.3 Å². The van der Waals surface area contributed by atoms with Crippen molar-refractivity contribution in [3.63, 3.8) is 0 Å². The van der Waals surface area contributed by atoms with Crippen LogP contribution in [0.15, 0.2) is 29.3 Å². The summed E-state index contributed by atoms with van der Waals surface area (Å²) in [5.41, 5.74) is 4.68. The molecule has 0 aromatic heterocycles. The molecule has 2 nitrogen and oxygen atoms in total. The third kappa shape index (κ3) is 2.41. The number of benzene rings is 1. The zero-order valence-electron chi connectivity index (χ0n) is 9.10. The quantitative estimate of drug-likeness (QED) is 0.846. The zero-order chi connectivity index (χ0) is 10.7. The van der Waals surface area contributed by atoms with E-state index >= 15 is 0 Å². The maximum atomic E-state index is 4.38. The minimum Gasteiger partial charge on any atom is -0.316 e. The molecule has 1 aliphatic rings. The third-order valence-corrected chi connectivity index (χ3v) is 3.83. The smallest absolute Gasteiger partial charge is 0.0640 e. The molecule has 1 aromatic rings. The molecule has 3 heteroatoms. The number of aliphatic imine (C=N–C) groups is 1. The Balaban J connectivity index is 2.10. The first-order chi connectivity index (χ1) is 7.31. The van der Waals surface area contributed by atoms with Gasteiger partial charge in [-0.3, -0.25) is 4.99 Å². The molecule has 1 aliphatic heterocycles. The van der Waals surface area contributed by atoms with Crippen molar-refractivity contribution in [1.29, 1.82) is 0 Å². The zero-order valence-corrected chi connectivity index (χ0v) is 9.92. The molecule has 0 saturated heterocycles. The fourth-order valence-electron chi connectivity index (χ4n) is 1.77. The van der Waals surface area contributed by atoms with Crippen molar-refractivity contribution in [2.45, 2.75) is 24.8 Å². The number of nitrogens with one attached hydrogen (secondary N) is 1. The molecule has 0 amide bonds. The van der Waals surface area contributed by atoms with Gasteiger partial charge in [0.25, 0.3) is 0 Å². The predicted octanol–water partition coefficient (Wildman–Crippen LogP) is 2.61. The lowest BCUT2D eigenvalue weighted by Gasteiger charge is -2.13. The lowest BCUT2D eigenvalue weighted by Crippen LogP contribution is -2.07. The Kier molecular flexibility index (Phi) is 3.44. The van der Waals surface area contributed by atoms with Gasteiger partial charge >= 0.3 is 0 Å². The summed E-state index contributed by atoms with van der Waals surface area (Å²) in [4.78, 5) is 4.38. The van der Waals surface area contributed by atoms with E-state index in [-0.39, 0.29) is 0 Å². The Bertz CT molecular complexity index is 345. The SMILES string of the molecule is CNCc1ccc(C2SC=NC2C)cc1. The highest BCUT2D eigenvalue weighted by Gasteiger charge is 2.22. The number of rotatable bonds is 3. The van der Waals surface area contributed by atoms with Gasteiger partial charge in [0.05, 0.1) is 16.8 Å². The van der Waals surface area contributed by atoms with Crippen LogP contribution < -0.4 is 5.32 Å². The largest absolute Gasteiger partial charge is 0.316 e. The van der Waals surface area contributed by atoms with Crippen LogP contribution in [0, 0.1) is 0 Å². The lowest BCUT2D eigenvalue weighted by molar-refractivity contribution is 0.740. The summed E-state index contributed by atoms with van der Waals surface area (Å²) in [5.74, 6) is 0. The molecule has 0 saturated carbocycles. The second kappa shape index (κ2) is 4.81. The van der Waals surface area contributed by atoms with Crippen LogP contribution in [0.25, 0.3) is 0 Å². The first kappa shape index (κ1) is 10.7. The number of hydrogen-bond acceptors (Lipinski definition) is 3. The van der Waals surface area contributed by atoms with Crippen molar-refractivity contribution in [3.05, 3.63) is 35.4 Å². The Morgan fingerprint density at radius 3 is 2.60 bits per heavy atom. The van der Waals surface area contributed by atoms with Gasteiger partial charge < -0.3 is 5.32 Å². The third-order valence-electron chi connectivity index (χ3n) is 2.63. The second-order valence-electron chi connectivity index (χ2n) is 3.82. The van der Waals surface area contributed by atoms with E-state index in [9.17, 15) is 0 Å². The van der Waals surface area contributed by atoms with Gasteiger partial charge in [0.2, 0.25) is 0 Å². The summed E-state index contributed by atoms with van der Waals surface area (Å²) in [6.45, 7) is 3.10. The van der Waals surface area contributed by atoms with Gasteiger partial charge in [-0.25, -0.2) is 0 Å². The minimum absolute atomic E-state index is 0.408. The highest BCUT2D eigenvalue weighted by atomic mass is 32.2. The van der Waals surface area contributed by atoms with Crippen LogP contribution in [0.1, 0.15) is 23.3 Å². The van der Waals surface area contributed by atoms with Gasteiger partial charge in [0.1, 0.15) is 0 Å². The van der Waals surface area contributed by atoms with Crippen LogP contribution in [0.2, 0.25) is 0 Å². The predicted molar refractivity (Wildman–Crippen MR) is 67.5 cm³/mol. The van der Waals surface area contributed by atoms with E-state index in [1.807, 2.05) is 24.4 Å². The number of nitrogens with zero attached hydrogens (tertiary/aromatic N) is 1. The maximum Gasteiger partial charge on any atom is 0.0640 e. The van der Waals surface area contributed by atoms with Crippen LogP contribution in [-0.2, 0) is 6.54 Å². The molecule has 1 aromatic carbocycles. The first-order valence-corrected chi connectivity index (χ1v) is 6.16. The Hall–Kier alpha value is -0.800. The molecule has 80 valence electrons. The molecule has 15 heavy (non-hydrogen) atoms. The topological polar surface area (TPSA) is 24.4 Å². The standard InChI is InChI=1S/C12H16N2S/c1-9-12(15-8-14-9)11-5-3-10(4-6-11)7-13-2/h3-6,8-9,12-13H,7H2,1-2H3. The molecule has 2 atom stereocenters. The Morgan fingerprint density at radius 1 is 1.33 bits per heavy atom. The van der Waals surface area contributed by atoms with E-state index in [1.54, 1.807) is 0 Å². The van der Waals surface area contributed by atoms with E-state index < -0.39 is 0 Å². The average molecular weight is 220 g/mol. The van der Waals surface area contributed by atoms with Crippen molar-refractivity contribution < 1.29 is 0 Å². The highest BCUT2D eigenvalue weighted by Crippen LogP contribution is 2.36. The molecule has 0 radical (unpaired) electrons. The minimum atomic E-state index is 0.408. The van der Waals surface area contributed by atoms with Crippen LogP contribution >= 0.6 is 11.8 Å². The maximum absolute atomic E-state index is 4.38. The number of hydrogen-bond donors (Lipinski definition) is 1. The number of thioether (sulfide) groups is 1.